The molecule has 0 aliphatic carbocycles. The van der Waals surface area contributed by atoms with E-state index >= 15 is 0 Å². The summed E-state index contributed by atoms with van der Waals surface area (Å²) in [6.07, 6.45) is 1.39. The summed E-state index contributed by atoms with van der Waals surface area (Å²) >= 11 is 5.16. The van der Waals surface area contributed by atoms with Crippen LogP contribution in [0.25, 0.3) is 6.08 Å². The Bertz CT molecular complexity index is 1420. The summed E-state index contributed by atoms with van der Waals surface area (Å²) in [6, 6.07) is 16.1. The van der Waals surface area contributed by atoms with Crippen molar-refractivity contribution in [2.75, 3.05) is 11.5 Å². The quantitative estimate of drug-likeness (QED) is 0.152. The van der Waals surface area contributed by atoms with Crippen LogP contribution < -0.4 is 19.7 Å². The van der Waals surface area contributed by atoms with Crippen LogP contribution in [0, 0.1) is 15.9 Å². The lowest BCUT2D eigenvalue weighted by Gasteiger charge is -2.28. The number of nitro benzene ring substituents is 1. The molecule has 1 N–H and O–H groups in total. The molecule has 1 aliphatic rings. The number of ether oxygens (including phenoxy) is 2. The summed E-state index contributed by atoms with van der Waals surface area (Å²) in [7, 11) is 0. The lowest BCUT2D eigenvalue weighted by molar-refractivity contribution is -0.384. The molecule has 3 aromatic rings. The Labute approximate surface area is 216 Å². The molecule has 9 nitrogen and oxygen atoms in total. The first-order chi connectivity index (χ1) is 17.8. The molecule has 0 radical (unpaired) electrons. The highest BCUT2D eigenvalue weighted by Crippen LogP contribution is 2.31. The lowest BCUT2D eigenvalue weighted by atomic mass is 10.1. The summed E-state index contributed by atoms with van der Waals surface area (Å²) in [5.41, 5.74) is 1.17. The van der Waals surface area contributed by atoms with Crippen molar-refractivity contribution in [1.29, 1.82) is 0 Å². The second-order valence-corrected chi connectivity index (χ2v) is 8.18. The van der Waals surface area contributed by atoms with Gasteiger partial charge in [-0.25, -0.2) is 4.39 Å². The first-order valence-electron chi connectivity index (χ1n) is 11.1. The molecule has 1 fully saturated rings. The van der Waals surface area contributed by atoms with Crippen LogP contribution in [0.2, 0.25) is 0 Å². The molecule has 2 amide bonds. The summed E-state index contributed by atoms with van der Waals surface area (Å²) < 4.78 is 24.8. The van der Waals surface area contributed by atoms with E-state index in [0.29, 0.717) is 34.9 Å². The number of nitrogens with one attached hydrogen (secondary N) is 1. The van der Waals surface area contributed by atoms with Crippen LogP contribution in [0.15, 0.2) is 72.3 Å². The highest BCUT2D eigenvalue weighted by molar-refractivity contribution is 7.80. The van der Waals surface area contributed by atoms with E-state index in [1.54, 1.807) is 37.3 Å². The molecule has 1 heterocycles. The number of amides is 2. The maximum Gasteiger partial charge on any atom is 0.270 e. The molecular weight excluding hydrogens is 501 g/mol. The number of carbonyl (C=O) groups excluding carboxylic acids is 2. The van der Waals surface area contributed by atoms with Crippen LogP contribution in [0.1, 0.15) is 18.1 Å². The van der Waals surface area contributed by atoms with Crippen LogP contribution >= 0.6 is 12.2 Å². The number of nitro groups is 1. The van der Waals surface area contributed by atoms with Crippen LogP contribution in [-0.2, 0) is 16.2 Å². The number of rotatable bonds is 8. The third-order valence-corrected chi connectivity index (χ3v) is 5.57. The fraction of sp³-hybridized carbons (Fsp3) is 0.115. The monoisotopic (exact) mass is 521 g/mol. The number of thiocarbonyl (C=S) groups is 1. The Morgan fingerprint density at radius 2 is 1.81 bits per heavy atom. The summed E-state index contributed by atoms with van der Waals surface area (Å²) in [5, 5.41) is 13.4. The molecule has 0 aromatic heterocycles. The fourth-order valence-electron chi connectivity index (χ4n) is 3.57. The second-order valence-electron chi connectivity index (χ2n) is 7.79. The molecule has 11 heteroatoms. The van der Waals surface area contributed by atoms with Crippen LogP contribution in [0.3, 0.4) is 0 Å². The van der Waals surface area contributed by atoms with Gasteiger partial charge in [-0.15, -0.1) is 0 Å². The average molecular weight is 522 g/mol. The zero-order chi connectivity index (χ0) is 26.5. The Hall–Kier alpha value is -4.64. The maximum absolute atomic E-state index is 13.3. The van der Waals surface area contributed by atoms with Gasteiger partial charge in [-0.2, -0.15) is 0 Å². The van der Waals surface area contributed by atoms with Gasteiger partial charge in [0.2, 0.25) is 0 Å². The van der Waals surface area contributed by atoms with Crippen LogP contribution in [-0.4, -0.2) is 28.5 Å². The minimum Gasteiger partial charge on any atom is -0.490 e. The van der Waals surface area contributed by atoms with Crippen LogP contribution in [0.4, 0.5) is 15.8 Å². The fourth-order valence-corrected chi connectivity index (χ4v) is 3.85. The normalized spacial score (nSPS) is 14.5. The topological polar surface area (TPSA) is 111 Å². The molecule has 3 aromatic carbocycles. The molecule has 0 bridgehead atoms. The van der Waals surface area contributed by atoms with E-state index in [4.69, 9.17) is 21.7 Å². The van der Waals surface area contributed by atoms with Gasteiger partial charge in [0, 0.05) is 12.1 Å². The summed E-state index contributed by atoms with van der Waals surface area (Å²) in [6.45, 7) is 2.17. The van der Waals surface area contributed by atoms with Crippen molar-refractivity contribution < 1.29 is 28.4 Å². The van der Waals surface area contributed by atoms with Crippen molar-refractivity contribution in [3.8, 4) is 11.5 Å². The summed E-state index contributed by atoms with van der Waals surface area (Å²) in [5.74, 6) is -1.07. The van der Waals surface area contributed by atoms with Gasteiger partial charge >= 0.3 is 0 Å². The zero-order valence-corrected chi connectivity index (χ0v) is 20.3. The molecular formula is C26H20FN3O6S. The molecule has 0 saturated carbocycles. The minimum absolute atomic E-state index is 0.0438. The van der Waals surface area contributed by atoms with Crippen molar-refractivity contribution in [3.05, 3.63) is 99.4 Å². The third kappa shape index (κ3) is 5.78. The van der Waals surface area contributed by atoms with Crippen molar-refractivity contribution in [3.63, 3.8) is 0 Å². The number of benzene rings is 3. The number of hydrogen-bond donors (Lipinski definition) is 1. The van der Waals surface area contributed by atoms with Gasteiger partial charge in [0.05, 0.1) is 17.2 Å². The molecule has 37 heavy (non-hydrogen) atoms. The van der Waals surface area contributed by atoms with Crippen molar-refractivity contribution in [2.24, 2.45) is 0 Å². The van der Waals surface area contributed by atoms with Gasteiger partial charge in [-0.1, -0.05) is 18.2 Å². The smallest absolute Gasteiger partial charge is 0.270 e. The average Bonchev–Trinajstić information content (AvgIpc) is 2.87. The van der Waals surface area contributed by atoms with Gasteiger partial charge in [-0.3, -0.25) is 29.9 Å². The largest absolute Gasteiger partial charge is 0.490 e. The molecule has 4 rings (SSSR count). The Morgan fingerprint density at radius 3 is 2.51 bits per heavy atom. The molecule has 1 aliphatic heterocycles. The molecule has 1 saturated heterocycles. The van der Waals surface area contributed by atoms with E-state index in [9.17, 15) is 24.1 Å². The number of hydrogen-bond acceptors (Lipinski definition) is 7. The van der Waals surface area contributed by atoms with Crippen molar-refractivity contribution >= 4 is 46.6 Å². The van der Waals surface area contributed by atoms with E-state index in [-0.39, 0.29) is 23.0 Å². The van der Waals surface area contributed by atoms with E-state index in [0.717, 1.165) is 4.90 Å². The highest BCUT2D eigenvalue weighted by Gasteiger charge is 2.34. The first-order valence-corrected chi connectivity index (χ1v) is 11.5. The van der Waals surface area contributed by atoms with Gasteiger partial charge in [-0.05, 0) is 72.7 Å². The standard InChI is InChI=1S/C26H20FN3O6S/c1-2-35-23-14-16(6-11-22(23)36-15-17-4-3-5-20(12-17)30(33)34)13-21-24(31)28-26(37)29(25(21)32)19-9-7-18(27)8-10-19/h3-14H,2,15H2,1H3,(H,28,31,37)/b21-13-. The highest BCUT2D eigenvalue weighted by atomic mass is 32.1. The third-order valence-electron chi connectivity index (χ3n) is 5.28. The van der Waals surface area contributed by atoms with E-state index in [1.807, 2.05) is 0 Å². The summed E-state index contributed by atoms with van der Waals surface area (Å²) in [4.78, 5) is 37.4. The van der Waals surface area contributed by atoms with Crippen molar-refractivity contribution in [1.82, 2.24) is 5.32 Å². The number of halogens is 1. The van der Waals surface area contributed by atoms with Gasteiger partial charge in [0.15, 0.2) is 16.6 Å². The number of nitrogens with zero attached hydrogens (tertiary/aromatic N) is 2. The Morgan fingerprint density at radius 1 is 1.05 bits per heavy atom. The predicted octanol–water partition coefficient (Wildman–Crippen LogP) is 4.54. The SMILES string of the molecule is CCOc1cc(/C=C2/C(=O)NC(=S)N(c3ccc(F)cc3)C2=O)ccc1OCc1cccc([N+](=O)[O-])c1. The lowest BCUT2D eigenvalue weighted by Crippen LogP contribution is -2.54. The maximum atomic E-state index is 13.3. The minimum atomic E-state index is -0.669. The Kier molecular flexibility index (Phi) is 7.54. The van der Waals surface area contributed by atoms with Crippen molar-refractivity contribution in [2.45, 2.75) is 13.5 Å². The van der Waals surface area contributed by atoms with Crippen LogP contribution in [0.5, 0.6) is 11.5 Å². The van der Waals surface area contributed by atoms with Gasteiger partial charge < -0.3 is 9.47 Å². The molecule has 0 unspecified atom stereocenters. The predicted molar refractivity (Wildman–Crippen MR) is 138 cm³/mol. The number of anilines is 1. The molecule has 0 atom stereocenters. The first kappa shape index (κ1) is 25.5. The Balaban J connectivity index is 1.59. The molecule has 0 spiro atoms. The van der Waals surface area contributed by atoms with Gasteiger partial charge in [0.25, 0.3) is 17.5 Å². The number of non-ortho nitro benzene ring substituents is 1. The van der Waals surface area contributed by atoms with E-state index < -0.39 is 22.6 Å². The number of carbonyl (C=O) groups is 2. The van der Waals surface area contributed by atoms with E-state index in [1.165, 1.54) is 42.5 Å². The zero-order valence-electron chi connectivity index (χ0n) is 19.5. The second kappa shape index (κ2) is 11.0. The molecule has 188 valence electrons. The van der Waals surface area contributed by atoms with Gasteiger partial charge in [0.1, 0.15) is 18.0 Å². The van der Waals surface area contributed by atoms with E-state index in [2.05, 4.69) is 5.32 Å².